The molecule has 2 unspecified atom stereocenters. The lowest BCUT2D eigenvalue weighted by atomic mass is 9.98. The molecule has 2 fully saturated rings. The molecular formula is C35H48N6O8. The summed E-state index contributed by atoms with van der Waals surface area (Å²) >= 11 is 0. The van der Waals surface area contributed by atoms with Crippen molar-refractivity contribution in [2.45, 2.75) is 82.6 Å². The number of hydrogen-bond donors (Lipinski definition) is 5. The topological polar surface area (TPSA) is 204 Å². The number of carbonyl (C=O) groups is 5. The van der Waals surface area contributed by atoms with E-state index in [1.807, 2.05) is 36.4 Å². The van der Waals surface area contributed by atoms with Crippen LogP contribution in [0.2, 0.25) is 0 Å². The van der Waals surface area contributed by atoms with E-state index in [1.165, 1.54) is 4.90 Å². The van der Waals surface area contributed by atoms with Crippen molar-refractivity contribution in [2.75, 3.05) is 32.8 Å². The van der Waals surface area contributed by atoms with E-state index in [0.29, 0.717) is 19.5 Å². The van der Waals surface area contributed by atoms with E-state index in [0.717, 1.165) is 22.3 Å². The Hall–Kier alpha value is -4.85. The molecule has 14 heteroatoms. The number of hydrogen-bond acceptors (Lipinski definition) is 9. The summed E-state index contributed by atoms with van der Waals surface area (Å²) in [4.78, 5) is 61.6. The van der Waals surface area contributed by atoms with E-state index < -0.39 is 52.4 Å². The molecule has 7 N–H and O–H groups in total. The Morgan fingerprint density at radius 3 is 1.73 bits per heavy atom. The van der Waals surface area contributed by atoms with Crippen molar-refractivity contribution in [2.24, 2.45) is 11.5 Å². The molecule has 3 aliphatic rings. The summed E-state index contributed by atoms with van der Waals surface area (Å²) in [5.74, 6) is -1.32. The number of benzene rings is 2. The number of carbonyl (C=O) groups excluding carboxylic acids is 5. The first-order valence-electron chi connectivity index (χ1n) is 16.3. The van der Waals surface area contributed by atoms with Gasteiger partial charge in [-0.1, -0.05) is 48.5 Å². The van der Waals surface area contributed by atoms with E-state index in [4.69, 9.17) is 25.7 Å². The maximum atomic E-state index is 12.9. The van der Waals surface area contributed by atoms with E-state index in [2.05, 4.69) is 28.1 Å². The smallest absolute Gasteiger partial charge is 0.409 e. The normalized spacial score (nSPS) is 21.4. The third kappa shape index (κ3) is 8.99. The highest BCUT2D eigenvalue weighted by molar-refractivity contribution is 5.91. The Morgan fingerprint density at radius 1 is 0.796 bits per heavy atom. The van der Waals surface area contributed by atoms with Crippen LogP contribution in [-0.4, -0.2) is 90.1 Å². The third-order valence-corrected chi connectivity index (χ3v) is 8.44. The molecule has 2 aromatic carbocycles. The summed E-state index contributed by atoms with van der Waals surface area (Å²) in [6.07, 6.45) is -1.25. The molecule has 0 radical (unpaired) electrons. The number of fused-ring (bicyclic) bond motifs is 3. The predicted molar refractivity (Wildman–Crippen MR) is 181 cm³/mol. The molecule has 2 heterocycles. The van der Waals surface area contributed by atoms with Crippen molar-refractivity contribution < 1.29 is 38.2 Å². The summed E-state index contributed by atoms with van der Waals surface area (Å²) < 4.78 is 16.0. The Morgan fingerprint density at radius 2 is 1.29 bits per heavy atom. The van der Waals surface area contributed by atoms with Crippen LogP contribution in [0, 0.1) is 0 Å². The predicted octanol–water partition coefficient (Wildman–Crippen LogP) is 3.12. The fourth-order valence-corrected chi connectivity index (χ4v) is 6.08. The third-order valence-electron chi connectivity index (χ3n) is 8.44. The highest BCUT2D eigenvalue weighted by Crippen LogP contribution is 2.44. The number of amides is 5. The molecule has 0 bridgehead atoms. The highest BCUT2D eigenvalue weighted by Gasteiger charge is 2.47. The number of alkyl carbamates (subject to hydrolysis) is 2. The van der Waals surface area contributed by atoms with Crippen LogP contribution in [0.3, 0.4) is 0 Å². The minimum absolute atomic E-state index is 0.0651. The van der Waals surface area contributed by atoms with Crippen LogP contribution >= 0.6 is 0 Å². The van der Waals surface area contributed by atoms with Crippen molar-refractivity contribution in [3.8, 4) is 11.1 Å². The molecule has 2 saturated heterocycles. The van der Waals surface area contributed by atoms with Gasteiger partial charge in [0.05, 0.1) is 6.54 Å². The van der Waals surface area contributed by atoms with Crippen LogP contribution in [-0.2, 0) is 23.8 Å². The van der Waals surface area contributed by atoms with Crippen molar-refractivity contribution in [3.63, 3.8) is 0 Å². The Bertz CT molecular complexity index is 1530. The number of ether oxygens (including phenoxy) is 3. The summed E-state index contributed by atoms with van der Waals surface area (Å²) in [6.45, 7) is 11.8. The number of rotatable bonds is 6. The second-order valence-electron chi connectivity index (χ2n) is 14.5. The summed E-state index contributed by atoms with van der Waals surface area (Å²) in [5, 5.41) is 8.11. The van der Waals surface area contributed by atoms with Gasteiger partial charge in [-0.3, -0.25) is 9.59 Å². The average Bonchev–Trinajstić information content (AvgIpc) is 3.72. The molecule has 2 aliphatic heterocycles. The summed E-state index contributed by atoms with van der Waals surface area (Å²) in [5.41, 5.74) is 11.7. The second-order valence-corrected chi connectivity index (χ2v) is 14.5. The van der Waals surface area contributed by atoms with E-state index >= 15 is 0 Å². The SMILES string of the molecule is CC(C)(C)OC(=O)NC1(C(N)=O)CCN(C(=O)OCC2c3ccccc3-c3ccccc32)C1.CC(C)(C)OC(=O)NC1(C(N)=O)CCNC1. The Balaban J connectivity index is 0.000000284. The van der Waals surface area contributed by atoms with Gasteiger partial charge in [0.1, 0.15) is 28.9 Å². The Kier molecular flexibility index (Phi) is 10.8. The zero-order valence-electron chi connectivity index (χ0n) is 29.0. The van der Waals surface area contributed by atoms with Crippen LogP contribution in [0.15, 0.2) is 48.5 Å². The van der Waals surface area contributed by atoms with Crippen molar-refractivity contribution >= 4 is 30.1 Å². The monoisotopic (exact) mass is 680 g/mol. The zero-order chi connectivity index (χ0) is 36.2. The van der Waals surface area contributed by atoms with Gasteiger partial charge in [0.25, 0.3) is 0 Å². The van der Waals surface area contributed by atoms with Crippen LogP contribution in [0.25, 0.3) is 11.1 Å². The highest BCUT2D eigenvalue weighted by atomic mass is 16.6. The van der Waals surface area contributed by atoms with Gasteiger partial charge >= 0.3 is 18.3 Å². The average molecular weight is 681 g/mol. The van der Waals surface area contributed by atoms with Crippen molar-refractivity contribution in [3.05, 3.63) is 59.7 Å². The molecule has 0 saturated carbocycles. The molecule has 5 amide bonds. The zero-order valence-corrected chi connectivity index (χ0v) is 29.0. The van der Waals surface area contributed by atoms with Gasteiger partial charge < -0.3 is 46.5 Å². The molecule has 0 spiro atoms. The lowest BCUT2D eigenvalue weighted by molar-refractivity contribution is -0.124. The van der Waals surface area contributed by atoms with Gasteiger partial charge in [0.15, 0.2) is 0 Å². The molecule has 0 aromatic heterocycles. The van der Waals surface area contributed by atoms with Gasteiger partial charge in [-0.2, -0.15) is 0 Å². The number of primary amides is 2. The fourth-order valence-electron chi connectivity index (χ4n) is 6.08. The van der Waals surface area contributed by atoms with Gasteiger partial charge in [-0.05, 0) is 83.2 Å². The first kappa shape index (κ1) is 37.0. The van der Waals surface area contributed by atoms with Crippen molar-refractivity contribution in [1.29, 1.82) is 0 Å². The molecule has 49 heavy (non-hydrogen) atoms. The van der Waals surface area contributed by atoms with Gasteiger partial charge in [0.2, 0.25) is 11.8 Å². The lowest BCUT2D eigenvalue weighted by Crippen LogP contribution is -2.60. The molecule has 2 aromatic rings. The maximum absolute atomic E-state index is 12.9. The van der Waals surface area contributed by atoms with Crippen molar-refractivity contribution in [1.82, 2.24) is 20.9 Å². The lowest BCUT2D eigenvalue weighted by Gasteiger charge is -2.29. The van der Waals surface area contributed by atoms with E-state index in [1.54, 1.807) is 41.5 Å². The van der Waals surface area contributed by atoms with Gasteiger partial charge in [-0.15, -0.1) is 0 Å². The first-order chi connectivity index (χ1) is 22.8. The van der Waals surface area contributed by atoms with Gasteiger partial charge in [0, 0.05) is 19.0 Å². The van der Waals surface area contributed by atoms with Crippen LogP contribution in [0.4, 0.5) is 14.4 Å². The minimum Gasteiger partial charge on any atom is -0.448 e. The number of nitrogens with zero attached hydrogens (tertiary/aromatic N) is 1. The van der Waals surface area contributed by atoms with Crippen LogP contribution in [0.5, 0.6) is 0 Å². The largest absolute Gasteiger partial charge is 0.448 e. The van der Waals surface area contributed by atoms with Crippen LogP contribution in [0.1, 0.15) is 71.4 Å². The number of nitrogens with one attached hydrogen (secondary N) is 3. The first-order valence-corrected chi connectivity index (χ1v) is 16.3. The summed E-state index contributed by atoms with van der Waals surface area (Å²) in [7, 11) is 0. The van der Waals surface area contributed by atoms with E-state index in [-0.39, 0.29) is 32.0 Å². The summed E-state index contributed by atoms with van der Waals surface area (Å²) in [6, 6.07) is 16.2. The van der Waals surface area contributed by atoms with E-state index in [9.17, 15) is 24.0 Å². The second kappa shape index (κ2) is 14.3. The molecule has 5 rings (SSSR count). The molecule has 1 aliphatic carbocycles. The quantitative estimate of drug-likeness (QED) is 0.284. The molecule has 2 atom stereocenters. The number of nitrogens with two attached hydrogens (primary N) is 2. The minimum atomic E-state index is -1.39. The standard InChI is InChI=1S/C25H29N3O5.C10H19N3O3/c1-24(2,3)33-22(30)27-25(21(26)29)12-13-28(15-25)23(31)32-14-20-18-10-6-4-8-16(18)17-9-5-7-11-19(17)20;1-9(2,3)16-8(15)13-10(7(11)14)4-5-12-6-10/h4-11,20H,12-15H2,1-3H3,(H2,26,29)(H,27,30);12H,4-6H2,1-3H3,(H2,11,14)(H,13,15). The molecule has 14 nitrogen and oxygen atoms in total. The Labute approximate surface area is 286 Å². The van der Waals surface area contributed by atoms with Gasteiger partial charge in [-0.25, -0.2) is 14.4 Å². The molecule has 266 valence electrons. The van der Waals surface area contributed by atoms with Crippen LogP contribution < -0.4 is 27.4 Å². The molecular weight excluding hydrogens is 632 g/mol. The number of likely N-dealkylation sites (tertiary alicyclic amines) is 1. The maximum Gasteiger partial charge on any atom is 0.409 e. The fraction of sp³-hybridized carbons (Fsp3) is 0.514.